The van der Waals surface area contributed by atoms with E-state index in [2.05, 4.69) is 55.4 Å². The van der Waals surface area contributed by atoms with Crippen LogP contribution in [0.15, 0.2) is 51.4 Å². The van der Waals surface area contributed by atoms with Gasteiger partial charge in [-0.15, -0.1) is 0 Å². The summed E-state index contributed by atoms with van der Waals surface area (Å²) in [6.45, 7) is 1.34. The Labute approximate surface area is 130 Å². The molecule has 0 fully saturated rings. The average Bonchev–Trinajstić information content (AvgIpc) is 2.38. The summed E-state index contributed by atoms with van der Waals surface area (Å²) >= 11 is 7.01. The van der Waals surface area contributed by atoms with Crippen LogP contribution in [0.25, 0.3) is 0 Å². The molecular formula is C15H15Br2NO. The van der Waals surface area contributed by atoms with Gasteiger partial charge in [0.2, 0.25) is 0 Å². The Morgan fingerprint density at radius 2 is 1.89 bits per heavy atom. The molecule has 2 nitrogen and oxygen atoms in total. The molecule has 0 heterocycles. The van der Waals surface area contributed by atoms with Crippen molar-refractivity contribution in [2.75, 3.05) is 7.05 Å². The van der Waals surface area contributed by atoms with E-state index in [-0.39, 0.29) is 0 Å². The van der Waals surface area contributed by atoms with E-state index in [0.717, 1.165) is 32.4 Å². The normalized spacial score (nSPS) is 10.5. The Morgan fingerprint density at radius 3 is 2.63 bits per heavy atom. The van der Waals surface area contributed by atoms with Gasteiger partial charge < -0.3 is 10.1 Å². The summed E-state index contributed by atoms with van der Waals surface area (Å²) < 4.78 is 8.00. The first-order valence-electron chi connectivity index (χ1n) is 6.00. The third-order valence-electron chi connectivity index (χ3n) is 2.69. The van der Waals surface area contributed by atoms with Crippen LogP contribution in [0.5, 0.6) is 5.75 Å². The molecule has 19 heavy (non-hydrogen) atoms. The highest BCUT2D eigenvalue weighted by Gasteiger charge is 2.07. The van der Waals surface area contributed by atoms with Gasteiger partial charge >= 0.3 is 0 Å². The van der Waals surface area contributed by atoms with Crippen LogP contribution in [-0.4, -0.2) is 7.05 Å². The predicted octanol–water partition coefficient (Wildman–Crippen LogP) is 4.51. The number of hydrogen-bond donors (Lipinski definition) is 1. The standard InChI is InChI=1S/C15H15Br2NO/c1-18-9-12-5-3-7-14(17)15(12)19-10-11-4-2-6-13(16)8-11/h2-8,18H,9-10H2,1H3. The van der Waals surface area contributed by atoms with Gasteiger partial charge in [-0.3, -0.25) is 0 Å². The lowest BCUT2D eigenvalue weighted by molar-refractivity contribution is 0.300. The monoisotopic (exact) mass is 383 g/mol. The second kappa shape index (κ2) is 7.08. The van der Waals surface area contributed by atoms with Crippen molar-refractivity contribution >= 4 is 31.9 Å². The van der Waals surface area contributed by atoms with Crippen molar-refractivity contribution < 1.29 is 4.74 Å². The van der Waals surface area contributed by atoms with Gasteiger partial charge in [0.25, 0.3) is 0 Å². The summed E-state index contributed by atoms with van der Waals surface area (Å²) in [4.78, 5) is 0. The van der Waals surface area contributed by atoms with Crippen LogP contribution in [0.4, 0.5) is 0 Å². The van der Waals surface area contributed by atoms with Gasteiger partial charge in [-0.2, -0.15) is 0 Å². The zero-order valence-electron chi connectivity index (χ0n) is 10.6. The van der Waals surface area contributed by atoms with Gasteiger partial charge in [0.15, 0.2) is 0 Å². The van der Waals surface area contributed by atoms with Crippen molar-refractivity contribution in [2.45, 2.75) is 13.2 Å². The number of ether oxygens (including phenoxy) is 1. The molecule has 2 rings (SSSR count). The minimum absolute atomic E-state index is 0.554. The van der Waals surface area contributed by atoms with Gasteiger partial charge in [-0.25, -0.2) is 0 Å². The number of rotatable bonds is 5. The molecule has 0 atom stereocenters. The smallest absolute Gasteiger partial charge is 0.138 e. The maximum atomic E-state index is 5.95. The lowest BCUT2D eigenvalue weighted by atomic mass is 10.2. The van der Waals surface area contributed by atoms with Crippen molar-refractivity contribution in [1.82, 2.24) is 5.32 Å². The molecule has 0 amide bonds. The third kappa shape index (κ3) is 4.06. The van der Waals surface area contributed by atoms with E-state index in [0.29, 0.717) is 6.61 Å². The quantitative estimate of drug-likeness (QED) is 0.818. The molecule has 0 aliphatic heterocycles. The lowest BCUT2D eigenvalue weighted by Gasteiger charge is -2.13. The molecule has 2 aromatic carbocycles. The molecule has 0 unspecified atom stereocenters. The van der Waals surface area contributed by atoms with Gasteiger partial charge in [-0.1, -0.05) is 40.2 Å². The highest BCUT2D eigenvalue weighted by atomic mass is 79.9. The van der Waals surface area contributed by atoms with Crippen molar-refractivity contribution in [3.63, 3.8) is 0 Å². The first-order chi connectivity index (χ1) is 9.20. The van der Waals surface area contributed by atoms with Crippen LogP contribution >= 0.6 is 31.9 Å². The van der Waals surface area contributed by atoms with Crippen LogP contribution in [0, 0.1) is 0 Å². The number of benzene rings is 2. The molecule has 0 aliphatic rings. The third-order valence-corrected chi connectivity index (χ3v) is 3.81. The fourth-order valence-corrected chi connectivity index (χ4v) is 2.80. The Morgan fingerprint density at radius 1 is 1.11 bits per heavy atom. The Kier molecular flexibility index (Phi) is 5.43. The number of nitrogens with one attached hydrogen (secondary N) is 1. The van der Waals surface area contributed by atoms with E-state index in [1.165, 1.54) is 0 Å². The highest BCUT2D eigenvalue weighted by Crippen LogP contribution is 2.30. The fourth-order valence-electron chi connectivity index (χ4n) is 1.83. The summed E-state index contributed by atoms with van der Waals surface area (Å²) in [5.74, 6) is 0.900. The maximum Gasteiger partial charge on any atom is 0.138 e. The molecule has 100 valence electrons. The molecule has 0 radical (unpaired) electrons. The van der Waals surface area contributed by atoms with Gasteiger partial charge in [-0.05, 0) is 46.7 Å². The van der Waals surface area contributed by atoms with Gasteiger partial charge in [0.1, 0.15) is 12.4 Å². The predicted molar refractivity (Wildman–Crippen MR) is 85.4 cm³/mol. The molecule has 2 aromatic rings. The molecule has 0 saturated carbocycles. The minimum atomic E-state index is 0.554. The minimum Gasteiger partial charge on any atom is -0.487 e. The van der Waals surface area contributed by atoms with Crippen molar-refractivity contribution in [2.24, 2.45) is 0 Å². The van der Waals surface area contributed by atoms with E-state index < -0.39 is 0 Å². The first kappa shape index (κ1) is 14.6. The Bertz CT molecular complexity index is 558. The van der Waals surface area contributed by atoms with Crippen molar-refractivity contribution in [1.29, 1.82) is 0 Å². The zero-order chi connectivity index (χ0) is 13.7. The van der Waals surface area contributed by atoms with Crippen LogP contribution in [0.1, 0.15) is 11.1 Å². The van der Waals surface area contributed by atoms with E-state index >= 15 is 0 Å². The van der Waals surface area contributed by atoms with Crippen LogP contribution < -0.4 is 10.1 Å². The summed E-state index contributed by atoms with van der Waals surface area (Å²) in [5, 5.41) is 3.15. The Balaban J connectivity index is 2.14. The number of halogens is 2. The zero-order valence-corrected chi connectivity index (χ0v) is 13.8. The van der Waals surface area contributed by atoms with E-state index in [1.54, 1.807) is 0 Å². The van der Waals surface area contributed by atoms with E-state index in [9.17, 15) is 0 Å². The second-order valence-corrected chi connectivity index (χ2v) is 5.95. The number of para-hydroxylation sites is 1. The highest BCUT2D eigenvalue weighted by molar-refractivity contribution is 9.10. The molecule has 0 aromatic heterocycles. The molecule has 0 bridgehead atoms. The number of hydrogen-bond acceptors (Lipinski definition) is 2. The summed E-state index contributed by atoms with van der Waals surface area (Å²) in [6.07, 6.45) is 0. The molecule has 4 heteroatoms. The lowest BCUT2D eigenvalue weighted by Crippen LogP contribution is -2.08. The van der Waals surface area contributed by atoms with E-state index in [4.69, 9.17) is 4.74 Å². The second-order valence-electron chi connectivity index (χ2n) is 4.18. The molecule has 0 spiro atoms. The molecule has 1 N–H and O–H groups in total. The first-order valence-corrected chi connectivity index (χ1v) is 7.58. The molecular weight excluding hydrogens is 370 g/mol. The maximum absolute atomic E-state index is 5.95. The topological polar surface area (TPSA) is 21.3 Å². The average molecular weight is 385 g/mol. The summed E-state index contributed by atoms with van der Waals surface area (Å²) in [7, 11) is 1.93. The van der Waals surface area contributed by atoms with Crippen LogP contribution in [0.2, 0.25) is 0 Å². The fraction of sp³-hybridized carbons (Fsp3) is 0.200. The SMILES string of the molecule is CNCc1cccc(Br)c1OCc1cccc(Br)c1. The molecule has 0 aliphatic carbocycles. The van der Waals surface area contributed by atoms with Gasteiger partial charge in [0.05, 0.1) is 4.47 Å². The van der Waals surface area contributed by atoms with E-state index in [1.807, 2.05) is 31.3 Å². The van der Waals surface area contributed by atoms with Gasteiger partial charge in [0, 0.05) is 16.6 Å². The molecule has 0 saturated heterocycles. The van der Waals surface area contributed by atoms with Crippen LogP contribution in [-0.2, 0) is 13.2 Å². The summed E-state index contributed by atoms with van der Waals surface area (Å²) in [5.41, 5.74) is 2.28. The van der Waals surface area contributed by atoms with Crippen molar-refractivity contribution in [3.05, 3.63) is 62.5 Å². The largest absolute Gasteiger partial charge is 0.487 e. The van der Waals surface area contributed by atoms with Crippen molar-refractivity contribution in [3.8, 4) is 5.75 Å². The summed E-state index contributed by atoms with van der Waals surface area (Å²) in [6, 6.07) is 14.2. The Hall–Kier alpha value is -0.840. The van der Waals surface area contributed by atoms with Crippen LogP contribution in [0.3, 0.4) is 0 Å².